The molecule has 8 heteroatoms. The maximum absolute atomic E-state index is 12.7. The van der Waals surface area contributed by atoms with Crippen molar-refractivity contribution < 1.29 is 31.4 Å². The lowest BCUT2D eigenvalue weighted by atomic mass is 9.92. The van der Waals surface area contributed by atoms with Gasteiger partial charge in [0.15, 0.2) is 0 Å². The molecule has 2 nitrogen and oxygen atoms in total. The van der Waals surface area contributed by atoms with Gasteiger partial charge in [-0.1, -0.05) is 30.3 Å². The Labute approximate surface area is 127 Å². The maximum Gasteiger partial charge on any atom is 0.430 e. The Morgan fingerprint density at radius 2 is 1.09 bits per heavy atom. The van der Waals surface area contributed by atoms with Crippen molar-refractivity contribution in [2.24, 2.45) is 0 Å². The standard InChI is InChI=1S/C15H11F6NO/c16-14(17,18)13(23,15(19,20)21)10-6-8-12(9-7-10)22-11-4-2-1-3-5-11/h1-9,22-23H. The molecule has 0 heterocycles. The second kappa shape index (κ2) is 5.77. The van der Waals surface area contributed by atoms with Crippen LogP contribution in [-0.2, 0) is 5.60 Å². The van der Waals surface area contributed by atoms with Crippen LogP contribution in [0.1, 0.15) is 5.56 Å². The highest BCUT2D eigenvalue weighted by atomic mass is 19.4. The molecule has 124 valence electrons. The zero-order valence-electron chi connectivity index (χ0n) is 11.4. The van der Waals surface area contributed by atoms with Crippen LogP contribution in [-0.4, -0.2) is 17.5 Å². The van der Waals surface area contributed by atoms with Gasteiger partial charge in [-0.2, -0.15) is 26.3 Å². The zero-order valence-corrected chi connectivity index (χ0v) is 11.4. The first-order valence-corrected chi connectivity index (χ1v) is 6.34. The third-order valence-corrected chi connectivity index (χ3v) is 3.19. The van der Waals surface area contributed by atoms with E-state index in [1.807, 2.05) is 0 Å². The molecule has 0 aromatic heterocycles. The molecule has 0 aliphatic carbocycles. The van der Waals surface area contributed by atoms with Crippen LogP contribution in [0.25, 0.3) is 0 Å². The van der Waals surface area contributed by atoms with Gasteiger partial charge >= 0.3 is 12.4 Å². The topological polar surface area (TPSA) is 32.3 Å². The van der Waals surface area contributed by atoms with Crippen LogP contribution in [0, 0.1) is 0 Å². The Morgan fingerprint density at radius 3 is 1.52 bits per heavy atom. The van der Waals surface area contributed by atoms with E-state index in [0.717, 1.165) is 12.1 Å². The highest BCUT2D eigenvalue weighted by Gasteiger charge is 2.71. The largest absolute Gasteiger partial charge is 0.430 e. The molecule has 2 aromatic carbocycles. The predicted octanol–water partition coefficient (Wildman–Crippen LogP) is 4.74. The monoisotopic (exact) mass is 335 g/mol. The molecule has 0 saturated carbocycles. The Morgan fingerprint density at radius 1 is 0.652 bits per heavy atom. The summed E-state index contributed by atoms with van der Waals surface area (Å²) in [7, 11) is 0. The number of hydrogen-bond acceptors (Lipinski definition) is 2. The highest BCUT2D eigenvalue weighted by molar-refractivity contribution is 5.59. The summed E-state index contributed by atoms with van der Waals surface area (Å²) in [6.07, 6.45) is -11.8. The average Bonchev–Trinajstić information content (AvgIpc) is 2.46. The molecule has 2 rings (SSSR count). The molecular weight excluding hydrogens is 324 g/mol. The van der Waals surface area contributed by atoms with Gasteiger partial charge in [0.2, 0.25) is 0 Å². The van der Waals surface area contributed by atoms with Gasteiger partial charge in [0, 0.05) is 16.9 Å². The summed E-state index contributed by atoms with van der Waals surface area (Å²) < 4.78 is 76.5. The van der Waals surface area contributed by atoms with Gasteiger partial charge < -0.3 is 10.4 Å². The molecule has 0 unspecified atom stereocenters. The van der Waals surface area contributed by atoms with E-state index in [-0.39, 0.29) is 5.69 Å². The van der Waals surface area contributed by atoms with Gasteiger partial charge in [-0.05, 0) is 24.3 Å². The van der Waals surface area contributed by atoms with Gasteiger partial charge in [0.05, 0.1) is 0 Å². The summed E-state index contributed by atoms with van der Waals surface area (Å²) in [4.78, 5) is 0. The average molecular weight is 335 g/mol. The molecule has 0 aliphatic heterocycles. The van der Waals surface area contributed by atoms with Crippen molar-refractivity contribution in [3.8, 4) is 0 Å². The van der Waals surface area contributed by atoms with Crippen LogP contribution in [0.3, 0.4) is 0 Å². The molecule has 23 heavy (non-hydrogen) atoms. The Balaban J connectivity index is 2.34. The number of hydrogen-bond donors (Lipinski definition) is 2. The first kappa shape index (κ1) is 17.1. The quantitative estimate of drug-likeness (QED) is 0.794. The minimum Gasteiger partial charge on any atom is -0.369 e. The molecule has 0 fully saturated rings. The van der Waals surface area contributed by atoms with E-state index in [1.165, 1.54) is 0 Å². The van der Waals surface area contributed by atoms with E-state index in [0.29, 0.717) is 17.8 Å². The van der Waals surface area contributed by atoms with Crippen molar-refractivity contribution in [3.05, 3.63) is 60.2 Å². The molecule has 0 atom stereocenters. The molecule has 0 radical (unpaired) electrons. The van der Waals surface area contributed by atoms with Gasteiger partial charge in [0.25, 0.3) is 5.60 Å². The highest BCUT2D eigenvalue weighted by Crippen LogP contribution is 2.50. The van der Waals surface area contributed by atoms with E-state index in [2.05, 4.69) is 5.32 Å². The Hall–Kier alpha value is -2.22. The number of rotatable bonds is 3. The molecular formula is C15H11F6NO. The number of alkyl halides is 6. The van der Waals surface area contributed by atoms with Crippen molar-refractivity contribution in [1.29, 1.82) is 0 Å². The summed E-state index contributed by atoms with van der Waals surface area (Å²) in [6, 6.07) is 11.8. The van der Waals surface area contributed by atoms with E-state index >= 15 is 0 Å². The molecule has 0 aliphatic rings. The van der Waals surface area contributed by atoms with Gasteiger partial charge in [-0.15, -0.1) is 0 Å². The van der Waals surface area contributed by atoms with E-state index in [1.54, 1.807) is 30.3 Å². The smallest absolute Gasteiger partial charge is 0.369 e. The van der Waals surface area contributed by atoms with Crippen LogP contribution in [0.4, 0.5) is 37.7 Å². The second-order valence-corrected chi connectivity index (χ2v) is 4.77. The normalized spacial score (nSPS) is 13.0. The number of halogens is 6. The molecule has 2 aromatic rings. The maximum atomic E-state index is 12.7. The fourth-order valence-electron chi connectivity index (χ4n) is 1.97. The fourth-order valence-corrected chi connectivity index (χ4v) is 1.97. The van der Waals surface area contributed by atoms with Gasteiger partial charge in [0.1, 0.15) is 0 Å². The van der Waals surface area contributed by atoms with E-state index in [4.69, 9.17) is 0 Å². The minimum absolute atomic E-state index is 0.284. The fraction of sp³-hybridized carbons (Fsp3) is 0.200. The second-order valence-electron chi connectivity index (χ2n) is 4.77. The summed E-state index contributed by atoms with van der Waals surface area (Å²) in [5.41, 5.74) is -5.31. The third-order valence-electron chi connectivity index (χ3n) is 3.19. The zero-order chi connectivity index (χ0) is 17.3. The first-order valence-electron chi connectivity index (χ1n) is 6.34. The van der Waals surface area contributed by atoms with Crippen LogP contribution >= 0.6 is 0 Å². The lowest BCUT2D eigenvalue weighted by Crippen LogP contribution is -2.53. The number of anilines is 2. The molecule has 0 bridgehead atoms. The van der Waals surface area contributed by atoms with Gasteiger partial charge in [-0.3, -0.25) is 0 Å². The number of para-hydroxylation sites is 1. The first-order chi connectivity index (χ1) is 10.6. The summed E-state index contributed by atoms with van der Waals surface area (Å²) in [6.45, 7) is 0. The van der Waals surface area contributed by atoms with Crippen molar-refractivity contribution in [2.75, 3.05) is 5.32 Å². The summed E-state index contributed by atoms with van der Waals surface area (Å²) in [5, 5.41) is 12.1. The van der Waals surface area contributed by atoms with Crippen LogP contribution in [0.5, 0.6) is 0 Å². The summed E-state index contributed by atoms with van der Waals surface area (Å²) in [5.74, 6) is 0. The Kier molecular flexibility index (Phi) is 4.30. The minimum atomic E-state index is -5.89. The van der Waals surface area contributed by atoms with Gasteiger partial charge in [-0.25, -0.2) is 0 Å². The Bertz CT molecular complexity index is 634. The number of aliphatic hydroxyl groups is 1. The predicted molar refractivity (Wildman–Crippen MR) is 72.2 cm³/mol. The third kappa shape index (κ3) is 3.26. The van der Waals surface area contributed by atoms with Crippen molar-refractivity contribution in [3.63, 3.8) is 0 Å². The van der Waals surface area contributed by atoms with E-state index in [9.17, 15) is 31.4 Å². The van der Waals surface area contributed by atoms with E-state index < -0.39 is 23.5 Å². The van der Waals surface area contributed by atoms with Crippen molar-refractivity contribution >= 4 is 11.4 Å². The number of nitrogens with one attached hydrogen (secondary N) is 1. The lowest BCUT2D eigenvalue weighted by Gasteiger charge is -2.32. The molecule has 2 N–H and O–H groups in total. The van der Waals surface area contributed by atoms with Crippen LogP contribution < -0.4 is 5.32 Å². The lowest BCUT2D eigenvalue weighted by molar-refractivity contribution is -0.376. The molecule has 0 spiro atoms. The van der Waals surface area contributed by atoms with Crippen LogP contribution in [0.2, 0.25) is 0 Å². The van der Waals surface area contributed by atoms with Crippen LogP contribution in [0.15, 0.2) is 54.6 Å². The van der Waals surface area contributed by atoms with Crippen molar-refractivity contribution in [2.45, 2.75) is 18.0 Å². The van der Waals surface area contributed by atoms with Crippen molar-refractivity contribution in [1.82, 2.24) is 0 Å². The number of benzene rings is 2. The summed E-state index contributed by atoms with van der Waals surface area (Å²) >= 11 is 0. The molecule has 0 amide bonds. The molecule has 0 saturated heterocycles. The SMILES string of the molecule is OC(c1ccc(Nc2ccccc2)cc1)(C(F)(F)F)C(F)(F)F.